The second-order valence-electron chi connectivity index (χ2n) is 12.9. The van der Waals surface area contributed by atoms with Crippen molar-refractivity contribution in [2.24, 2.45) is 17.8 Å². The lowest BCUT2D eigenvalue weighted by atomic mass is 9.78. The number of aliphatic hydroxyl groups excluding tert-OH is 1. The van der Waals surface area contributed by atoms with E-state index in [9.17, 15) is 19.5 Å². The van der Waals surface area contributed by atoms with E-state index in [0.717, 1.165) is 36.4 Å². The Bertz CT molecular complexity index is 1490. The molecule has 8 nitrogen and oxygen atoms in total. The fourth-order valence-corrected chi connectivity index (χ4v) is 9.90. The number of likely N-dealkylation sites (tertiary alicyclic amines) is 1. The molecule has 4 aliphatic heterocycles. The molecule has 2 aromatic rings. The van der Waals surface area contributed by atoms with Crippen LogP contribution < -0.4 is 9.80 Å². The van der Waals surface area contributed by atoms with E-state index in [1.54, 1.807) is 21.6 Å². The van der Waals surface area contributed by atoms with E-state index in [1.165, 1.54) is 0 Å². The minimum absolute atomic E-state index is 0.0354. The molecule has 244 valence electrons. The Morgan fingerprint density at radius 1 is 0.935 bits per heavy atom. The average Bonchev–Trinajstić information content (AvgIpc) is 3.40. The molecule has 46 heavy (non-hydrogen) atoms. The SMILES string of the molecule is CC[C@H](C)[C@H](CO)N1C(=O)[C@@H]2[C@H]3C(=O)N(Cc4ccccc4)CC=C[C@H]3S[C@@]23C=CCN(c2ccc(N(CC)CC)cc2)C(=O)C13. The molecule has 9 heteroatoms. The molecular weight excluding hydrogens is 596 g/mol. The number of amides is 3. The quantitative estimate of drug-likeness (QED) is 0.377. The van der Waals surface area contributed by atoms with E-state index in [1.807, 2.05) is 85.5 Å². The predicted molar refractivity (Wildman–Crippen MR) is 185 cm³/mol. The smallest absolute Gasteiger partial charge is 0.251 e. The zero-order chi connectivity index (χ0) is 32.6. The zero-order valence-electron chi connectivity index (χ0n) is 27.3. The summed E-state index contributed by atoms with van der Waals surface area (Å²) in [5.74, 6) is -1.79. The zero-order valence-corrected chi connectivity index (χ0v) is 28.1. The molecule has 2 aromatic carbocycles. The highest BCUT2D eigenvalue weighted by molar-refractivity contribution is 8.02. The highest BCUT2D eigenvalue weighted by atomic mass is 32.2. The summed E-state index contributed by atoms with van der Waals surface area (Å²) in [7, 11) is 0. The molecule has 0 bridgehead atoms. The molecule has 0 aromatic heterocycles. The number of anilines is 2. The van der Waals surface area contributed by atoms with Crippen LogP contribution in [-0.4, -0.2) is 87.5 Å². The molecule has 7 atom stereocenters. The van der Waals surface area contributed by atoms with Gasteiger partial charge < -0.3 is 24.7 Å². The molecule has 3 amide bonds. The van der Waals surface area contributed by atoms with Gasteiger partial charge in [0.25, 0.3) is 5.91 Å². The van der Waals surface area contributed by atoms with E-state index in [-0.39, 0.29) is 35.5 Å². The minimum Gasteiger partial charge on any atom is -0.394 e. The van der Waals surface area contributed by atoms with Crippen molar-refractivity contribution in [2.45, 2.75) is 62.7 Å². The van der Waals surface area contributed by atoms with Crippen molar-refractivity contribution >= 4 is 40.9 Å². The van der Waals surface area contributed by atoms with Gasteiger partial charge >= 0.3 is 0 Å². The number of carbonyl (C=O) groups excluding carboxylic acids is 3. The van der Waals surface area contributed by atoms with Crippen LogP contribution in [0.2, 0.25) is 0 Å². The van der Waals surface area contributed by atoms with Crippen LogP contribution in [0.1, 0.15) is 39.7 Å². The summed E-state index contributed by atoms with van der Waals surface area (Å²) in [5.41, 5.74) is 2.89. The first-order valence-electron chi connectivity index (χ1n) is 16.7. The van der Waals surface area contributed by atoms with Crippen LogP contribution in [0, 0.1) is 17.8 Å². The highest BCUT2D eigenvalue weighted by Gasteiger charge is 2.72. The molecule has 1 unspecified atom stereocenters. The van der Waals surface area contributed by atoms with Crippen LogP contribution >= 0.6 is 11.8 Å². The monoisotopic (exact) mass is 642 g/mol. The minimum atomic E-state index is -0.934. The molecule has 2 saturated heterocycles. The van der Waals surface area contributed by atoms with Gasteiger partial charge in [-0.25, -0.2) is 0 Å². The van der Waals surface area contributed by atoms with Crippen LogP contribution in [0.4, 0.5) is 11.4 Å². The van der Waals surface area contributed by atoms with Crippen LogP contribution in [0.25, 0.3) is 0 Å². The molecule has 2 fully saturated rings. The lowest BCUT2D eigenvalue weighted by molar-refractivity contribution is -0.145. The Hall–Kier alpha value is -3.56. The number of rotatable bonds is 10. The predicted octanol–water partition coefficient (Wildman–Crippen LogP) is 4.74. The van der Waals surface area contributed by atoms with E-state index in [0.29, 0.717) is 19.6 Å². The molecule has 4 heterocycles. The van der Waals surface area contributed by atoms with Crippen LogP contribution in [-0.2, 0) is 20.9 Å². The molecule has 1 N–H and O–H groups in total. The van der Waals surface area contributed by atoms with E-state index in [4.69, 9.17) is 0 Å². The van der Waals surface area contributed by atoms with Gasteiger partial charge in [0, 0.05) is 49.3 Å². The highest BCUT2D eigenvalue weighted by Crippen LogP contribution is 2.61. The van der Waals surface area contributed by atoms with Crippen LogP contribution in [0.3, 0.4) is 0 Å². The Morgan fingerprint density at radius 2 is 1.65 bits per heavy atom. The van der Waals surface area contributed by atoms with Gasteiger partial charge in [0.1, 0.15) is 6.04 Å². The van der Waals surface area contributed by atoms with E-state index < -0.39 is 28.7 Å². The van der Waals surface area contributed by atoms with Crippen LogP contribution in [0.15, 0.2) is 78.9 Å². The van der Waals surface area contributed by atoms with Crippen molar-refractivity contribution in [3.8, 4) is 0 Å². The van der Waals surface area contributed by atoms with Gasteiger partial charge in [0.2, 0.25) is 11.8 Å². The van der Waals surface area contributed by atoms with Gasteiger partial charge in [0.15, 0.2) is 0 Å². The normalized spacial score (nSPS) is 28.5. The first-order chi connectivity index (χ1) is 22.3. The summed E-state index contributed by atoms with van der Waals surface area (Å²) < 4.78 is -0.934. The lowest BCUT2D eigenvalue weighted by Gasteiger charge is -2.40. The van der Waals surface area contributed by atoms with Crippen molar-refractivity contribution in [2.75, 3.05) is 42.6 Å². The Kier molecular flexibility index (Phi) is 9.35. The van der Waals surface area contributed by atoms with E-state index >= 15 is 0 Å². The number of hydrogen-bond acceptors (Lipinski definition) is 6. The number of fused-ring (bicyclic) bond motifs is 2. The average molecular weight is 643 g/mol. The molecule has 0 saturated carbocycles. The Labute approximate surface area is 277 Å². The molecule has 0 radical (unpaired) electrons. The maximum absolute atomic E-state index is 14.9. The lowest BCUT2D eigenvalue weighted by Crippen LogP contribution is -2.58. The first kappa shape index (κ1) is 32.4. The fraction of sp³-hybridized carbons (Fsp3) is 0.486. The second kappa shape index (κ2) is 13.3. The third-order valence-electron chi connectivity index (χ3n) is 10.5. The van der Waals surface area contributed by atoms with Crippen LogP contribution in [0.5, 0.6) is 0 Å². The standard InChI is InChI=1S/C37H46N4O4S/c1-5-25(4)29(24-42)41-33-36(45)40(28-18-16-27(17-19-28)38(6-2)7-3)22-12-20-37(33)32(35(41)44)31-30(46-37)15-11-21-39(34(31)43)23-26-13-9-8-10-14-26/h8-20,25,29-33,42H,5-7,21-24H2,1-4H3/t25-,29-,30+,31-,32-,33?,37-/m0/s1. The van der Waals surface area contributed by atoms with Gasteiger partial charge in [-0.2, -0.15) is 0 Å². The maximum atomic E-state index is 14.9. The summed E-state index contributed by atoms with van der Waals surface area (Å²) in [5, 5.41) is 10.5. The van der Waals surface area contributed by atoms with E-state index in [2.05, 4.69) is 30.9 Å². The van der Waals surface area contributed by atoms with Crippen molar-refractivity contribution in [3.63, 3.8) is 0 Å². The number of carbonyl (C=O) groups is 3. The molecular formula is C37H46N4O4S. The van der Waals surface area contributed by atoms with Crippen molar-refractivity contribution in [1.29, 1.82) is 0 Å². The summed E-state index contributed by atoms with van der Waals surface area (Å²) in [6.07, 6.45) is 8.91. The summed E-state index contributed by atoms with van der Waals surface area (Å²) >= 11 is 1.58. The summed E-state index contributed by atoms with van der Waals surface area (Å²) in [6.45, 7) is 11.1. The Balaban J connectivity index is 1.41. The topological polar surface area (TPSA) is 84.4 Å². The van der Waals surface area contributed by atoms with Gasteiger partial charge in [-0.1, -0.05) is 74.9 Å². The third kappa shape index (κ3) is 5.35. The molecule has 1 spiro atoms. The summed E-state index contributed by atoms with van der Waals surface area (Å²) in [4.78, 5) is 51.7. The number of hydrogen-bond donors (Lipinski definition) is 1. The molecule has 0 aliphatic carbocycles. The van der Waals surface area contributed by atoms with Gasteiger partial charge in [-0.05, 0) is 49.6 Å². The Morgan fingerprint density at radius 3 is 2.30 bits per heavy atom. The maximum Gasteiger partial charge on any atom is 0.251 e. The van der Waals surface area contributed by atoms with Crippen molar-refractivity contribution in [1.82, 2.24) is 9.80 Å². The number of thioether (sulfide) groups is 1. The number of aliphatic hydroxyl groups is 1. The van der Waals surface area contributed by atoms with Crippen molar-refractivity contribution < 1.29 is 19.5 Å². The van der Waals surface area contributed by atoms with Crippen molar-refractivity contribution in [3.05, 3.63) is 84.5 Å². The number of nitrogens with zero attached hydrogens (tertiary/aromatic N) is 4. The van der Waals surface area contributed by atoms with Gasteiger partial charge in [-0.3, -0.25) is 14.4 Å². The largest absolute Gasteiger partial charge is 0.394 e. The first-order valence-corrected chi connectivity index (χ1v) is 17.6. The van der Waals surface area contributed by atoms with Gasteiger partial charge in [-0.15, -0.1) is 11.8 Å². The van der Waals surface area contributed by atoms with Gasteiger partial charge in [0.05, 0.1) is 29.2 Å². The fourth-order valence-electron chi connectivity index (χ4n) is 7.91. The second-order valence-corrected chi connectivity index (χ2v) is 14.4. The third-order valence-corrected chi connectivity index (χ3v) is 12.3. The summed E-state index contributed by atoms with van der Waals surface area (Å²) in [6, 6.07) is 16.6. The molecule has 4 aliphatic rings. The number of benzene rings is 2. The molecule has 6 rings (SSSR count).